The minimum Gasteiger partial charge on any atom is -0.481 e. The van der Waals surface area contributed by atoms with Crippen LogP contribution in [-0.4, -0.2) is 47.7 Å². The van der Waals surface area contributed by atoms with Gasteiger partial charge in [-0.2, -0.15) is 0 Å². The summed E-state index contributed by atoms with van der Waals surface area (Å²) in [6.07, 6.45) is 4.55. The fourth-order valence-electron chi connectivity index (χ4n) is 4.17. The Morgan fingerprint density at radius 3 is 2.38 bits per heavy atom. The fraction of sp³-hybridized carbons (Fsp3) is 0.579. The number of hydrogen-bond acceptors (Lipinski definition) is 3. The van der Waals surface area contributed by atoms with E-state index >= 15 is 0 Å². The number of hydrogen-bond donors (Lipinski definition) is 1. The van der Waals surface area contributed by atoms with Gasteiger partial charge in [0.25, 0.3) is 5.91 Å². The number of amides is 1. The van der Waals surface area contributed by atoms with Crippen LogP contribution in [0.1, 0.15) is 43.6 Å². The first-order chi connectivity index (χ1) is 11.6. The van der Waals surface area contributed by atoms with Gasteiger partial charge in [-0.3, -0.25) is 9.59 Å². The highest BCUT2D eigenvalue weighted by Gasteiger charge is 2.47. The zero-order chi connectivity index (χ0) is 17.2. The topological polar surface area (TPSA) is 66.8 Å². The van der Waals surface area contributed by atoms with Gasteiger partial charge in [-0.1, -0.05) is 49.6 Å². The predicted molar refractivity (Wildman–Crippen MR) is 89.7 cm³/mol. The molecule has 2 aliphatic rings. The second kappa shape index (κ2) is 6.93. The van der Waals surface area contributed by atoms with Crippen molar-refractivity contribution in [2.45, 2.75) is 43.6 Å². The fourth-order valence-corrected chi connectivity index (χ4v) is 4.17. The molecule has 0 unspecified atom stereocenters. The molecule has 1 heterocycles. The van der Waals surface area contributed by atoms with E-state index in [2.05, 4.69) is 0 Å². The number of carbonyl (C=O) groups excluding carboxylic acids is 1. The molecule has 1 amide bonds. The van der Waals surface area contributed by atoms with Gasteiger partial charge in [-0.25, -0.2) is 0 Å². The van der Waals surface area contributed by atoms with Crippen LogP contribution in [0.25, 0.3) is 0 Å². The van der Waals surface area contributed by atoms with E-state index in [1.165, 1.54) is 0 Å². The zero-order valence-corrected chi connectivity index (χ0v) is 14.1. The van der Waals surface area contributed by atoms with Gasteiger partial charge >= 0.3 is 5.97 Å². The molecule has 0 bridgehead atoms. The van der Waals surface area contributed by atoms with E-state index in [-0.39, 0.29) is 18.4 Å². The second-order valence-electron chi connectivity index (χ2n) is 6.93. The lowest BCUT2D eigenvalue weighted by Gasteiger charge is -2.37. The zero-order valence-electron chi connectivity index (χ0n) is 14.1. The second-order valence-corrected chi connectivity index (χ2v) is 6.93. The largest absolute Gasteiger partial charge is 0.481 e. The molecule has 1 aromatic carbocycles. The first-order valence-corrected chi connectivity index (χ1v) is 8.70. The van der Waals surface area contributed by atoms with Crippen molar-refractivity contribution in [1.29, 1.82) is 0 Å². The molecule has 2 fully saturated rings. The van der Waals surface area contributed by atoms with Crippen LogP contribution in [0.4, 0.5) is 0 Å². The number of ether oxygens (including phenoxy) is 1. The maximum atomic E-state index is 13.1. The molecule has 3 rings (SSSR count). The Hall–Kier alpha value is -1.88. The van der Waals surface area contributed by atoms with Crippen molar-refractivity contribution in [3.05, 3.63) is 35.9 Å². The first-order valence-electron chi connectivity index (χ1n) is 8.70. The Morgan fingerprint density at radius 1 is 1.12 bits per heavy atom. The highest BCUT2D eigenvalue weighted by atomic mass is 16.5. The van der Waals surface area contributed by atoms with E-state index in [0.29, 0.717) is 6.54 Å². The number of carbonyl (C=O) groups is 2. The van der Waals surface area contributed by atoms with E-state index in [4.69, 9.17) is 4.74 Å². The molecule has 1 aromatic rings. The van der Waals surface area contributed by atoms with Crippen LogP contribution in [0, 0.1) is 5.92 Å². The molecular formula is C19H25NO4. The monoisotopic (exact) mass is 331 g/mol. The number of benzene rings is 1. The molecule has 1 saturated carbocycles. The number of carboxylic acids is 1. The highest BCUT2D eigenvalue weighted by molar-refractivity contribution is 5.87. The Bertz CT molecular complexity index is 595. The van der Waals surface area contributed by atoms with Gasteiger partial charge in [0.05, 0.1) is 5.92 Å². The quantitative estimate of drug-likeness (QED) is 0.921. The summed E-state index contributed by atoms with van der Waals surface area (Å²) in [5, 5.41) is 9.61. The summed E-state index contributed by atoms with van der Waals surface area (Å²) in [4.78, 5) is 26.5. The predicted octanol–water partition coefficient (Wildman–Crippen LogP) is 2.66. The van der Waals surface area contributed by atoms with Crippen LogP contribution in [0.2, 0.25) is 0 Å². The number of methoxy groups -OCH3 is 1. The van der Waals surface area contributed by atoms with Gasteiger partial charge in [0.1, 0.15) is 5.60 Å². The van der Waals surface area contributed by atoms with Gasteiger partial charge in [0, 0.05) is 26.1 Å². The first kappa shape index (κ1) is 17.0. The van der Waals surface area contributed by atoms with Gasteiger partial charge in [-0.05, 0) is 18.4 Å². The third-order valence-electron chi connectivity index (χ3n) is 5.59. The molecule has 1 N–H and O–H groups in total. The van der Waals surface area contributed by atoms with Gasteiger partial charge in [-0.15, -0.1) is 0 Å². The molecule has 0 radical (unpaired) electrons. The average Bonchev–Trinajstić information content (AvgIpc) is 3.08. The lowest BCUT2D eigenvalue weighted by atomic mass is 9.83. The molecule has 2 atom stereocenters. The number of aliphatic carboxylic acids is 1. The van der Waals surface area contributed by atoms with Crippen molar-refractivity contribution >= 4 is 11.9 Å². The van der Waals surface area contributed by atoms with Crippen LogP contribution >= 0.6 is 0 Å². The third-order valence-corrected chi connectivity index (χ3v) is 5.59. The highest BCUT2D eigenvalue weighted by Crippen LogP contribution is 2.38. The van der Waals surface area contributed by atoms with Crippen LogP contribution in [0.5, 0.6) is 0 Å². The Labute approximate surface area is 142 Å². The van der Waals surface area contributed by atoms with Crippen LogP contribution in [0.15, 0.2) is 30.3 Å². The molecule has 0 spiro atoms. The van der Waals surface area contributed by atoms with Crippen LogP contribution < -0.4 is 0 Å². The van der Waals surface area contributed by atoms with Crippen molar-refractivity contribution in [3.8, 4) is 0 Å². The molecule has 1 aliphatic heterocycles. The van der Waals surface area contributed by atoms with E-state index in [1.807, 2.05) is 30.3 Å². The maximum absolute atomic E-state index is 13.1. The van der Waals surface area contributed by atoms with Crippen molar-refractivity contribution in [3.63, 3.8) is 0 Å². The molecule has 5 heteroatoms. The Balaban J connectivity index is 1.82. The lowest BCUT2D eigenvalue weighted by molar-refractivity contribution is -0.158. The maximum Gasteiger partial charge on any atom is 0.308 e. The van der Waals surface area contributed by atoms with Gasteiger partial charge < -0.3 is 14.7 Å². The van der Waals surface area contributed by atoms with E-state index < -0.39 is 17.5 Å². The van der Waals surface area contributed by atoms with E-state index in [1.54, 1.807) is 12.0 Å². The molecule has 1 saturated heterocycles. The van der Waals surface area contributed by atoms with Crippen LogP contribution in [-0.2, 0) is 14.3 Å². The number of nitrogens with zero attached hydrogens (tertiary/aromatic N) is 1. The SMILES string of the molecule is COC1(C(=O)N2C[C@H](C(=O)O)[C@H](c3ccccc3)C2)CCCCC1. The Morgan fingerprint density at radius 2 is 1.79 bits per heavy atom. The van der Waals surface area contributed by atoms with Crippen LogP contribution in [0.3, 0.4) is 0 Å². The standard InChI is InChI=1S/C19H25NO4/c1-24-19(10-6-3-7-11-19)18(23)20-12-15(16(13-20)17(21)22)14-8-4-2-5-9-14/h2,4-5,8-9,15-16H,3,6-7,10-13H2,1H3,(H,21,22)/t15-,16-/m0/s1. The van der Waals surface area contributed by atoms with Crippen molar-refractivity contribution in [1.82, 2.24) is 4.90 Å². The number of likely N-dealkylation sites (tertiary alicyclic amines) is 1. The summed E-state index contributed by atoms with van der Waals surface area (Å²) in [6.45, 7) is 0.712. The summed E-state index contributed by atoms with van der Waals surface area (Å²) < 4.78 is 5.65. The average molecular weight is 331 g/mol. The minimum absolute atomic E-state index is 0.0330. The molecule has 1 aliphatic carbocycles. The number of rotatable bonds is 4. The molecular weight excluding hydrogens is 306 g/mol. The molecule has 130 valence electrons. The van der Waals surface area contributed by atoms with Crippen molar-refractivity contribution < 1.29 is 19.4 Å². The van der Waals surface area contributed by atoms with Crippen molar-refractivity contribution in [2.24, 2.45) is 5.92 Å². The molecule has 24 heavy (non-hydrogen) atoms. The Kier molecular flexibility index (Phi) is 4.90. The molecule has 0 aromatic heterocycles. The third kappa shape index (κ3) is 3.05. The summed E-state index contributed by atoms with van der Waals surface area (Å²) in [7, 11) is 1.60. The summed E-state index contributed by atoms with van der Waals surface area (Å²) in [5.41, 5.74) is 0.225. The minimum atomic E-state index is -0.839. The normalized spacial score (nSPS) is 26.3. The molecule has 5 nitrogen and oxygen atoms in total. The van der Waals surface area contributed by atoms with Gasteiger partial charge in [0.2, 0.25) is 0 Å². The summed E-state index contributed by atoms with van der Waals surface area (Å²) in [6, 6.07) is 9.63. The van der Waals surface area contributed by atoms with E-state index in [9.17, 15) is 14.7 Å². The van der Waals surface area contributed by atoms with Gasteiger partial charge in [0.15, 0.2) is 0 Å². The smallest absolute Gasteiger partial charge is 0.308 e. The summed E-state index contributed by atoms with van der Waals surface area (Å²) in [5.74, 6) is -1.59. The van der Waals surface area contributed by atoms with Crippen molar-refractivity contribution in [2.75, 3.05) is 20.2 Å². The lowest BCUT2D eigenvalue weighted by Crippen LogP contribution is -2.51. The van der Waals surface area contributed by atoms with E-state index in [0.717, 1.165) is 37.7 Å². The summed E-state index contributed by atoms with van der Waals surface area (Å²) >= 11 is 0. The number of carboxylic acid groups (broad SMARTS) is 1.